The number of carbonyl (C=O) groups is 1. The van der Waals surface area contributed by atoms with Gasteiger partial charge in [0.15, 0.2) is 0 Å². The Kier molecular flexibility index (Phi) is 2.31. The van der Waals surface area contributed by atoms with Gasteiger partial charge < -0.3 is 14.6 Å². The summed E-state index contributed by atoms with van der Waals surface area (Å²) in [5.74, 6) is 0.337. The molecule has 2 rings (SSSR count). The minimum Gasteiger partial charge on any atom is -0.466 e. The van der Waals surface area contributed by atoms with E-state index in [0.29, 0.717) is 19.1 Å². The van der Waals surface area contributed by atoms with Crippen LogP contribution in [0, 0.1) is 11.3 Å². The van der Waals surface area contributed by atoms with Crippen molar-refractivity contribution in [2.24, 2.45) is 11.3 Å². The standard InChI is InChI=1S/C9H16BNO3/c1-3-14-8(12)9-4-7(9)5-11(6-9)10(2)13/h7,13H,3-6H2,1-2H3. The summed E-state index contributed by atoms with van der Waals surface area (Å²) in [5, 5.41) is 9.39. The predicted molar refractivity (Wildman–Crippen MR) is 52.6 cm³/mol. The molecule has 5 heteroatoms. The van der Waals surface area contributed by atoms with Crippen molar-refractivity contribution in [2.75, 3.05) is 19.7 Å². The van der Waals surface area contributed by atoms with Crippen LogP contribution < -0.4 is 0 Å². The number of rotatable bonds is 3. The molecule has 0 bridgehead atoms. The maximum absolute atomic E-state index is 11.6. The minimum absolute atomic E-state index is 0.0758. The molecule has 4 nitrogen and oxygen atoms in total. The highest BCUT2D eigenvalue weighted by Crippen LogP contribution is 2.58. The van der Waals surface area contributed by atoms with E-state index in [4.69, 9.17) is 4.74 Å². The van der Waals surface area contributed by atoms with E-state index in [1.54, 1.807) is 6.82 Å². The first-order valence-corrected chi connectivity index (χ1v) is 5.19. The van der Waals surface area contributed by atoms with Crippen LogP contribution in [0.4, 0.5) is 0 Å². The Labute approximate surface area is 84.4 Å². The molecule has 0 aromatic heterocycles. The molecular weight excluding hydrogens is 181 g/mol. The highest BCUT2D eigenvalue weighted by atomic mass is 16.5. The van der Waals surface area contributed by atoms with Gasteiger partial charge in [0.2, 0.25) is 0 Å². The number of hydrogen-bond donors (Lipinski definition) is 1. The van der Waals surface area contributed by atoms with Crippen LogP contribution in [0.15, 0.2) is 0 Å². The third-order valence-corrected chi connectivity index (χ3v) is 3.38. The van der Waals surface area contributed by atoms with Crippen LogP contribution in [0.3, 0.4) is 0 Å². The zero-order chi connectivity index (χ0) is 10.3. The smallest absolute Gasteiger partial charge is 0.376 e. The van der Waals surface area contributed by atoms with E-state index >= 15 is 0 Å². The van der Waals surface area contributed by atoms with E-state index in [2.05, 4.69) is 0 Å². The van der Waals surface area contributed by atoms with Crippen molar-refractivity contribution >= 4 is 13.0 Å². The maximum Gasteiger partial charge on any atom is 0.376 e. The average molecular weight is 197 g/mol. The Morgan fingerprint density at radius 1 is 1.79 bits per heavy atom. The minimum atomic E-state index is -0.450. The van der Waals surface area contributed by atoms with Gasteiger partial charge in [-0.2, -0.15) is 0 Å². The monoisotopic (exact) mass is 197 g/mol. The van der Waals surface area contributed by atoms with Gasteiger partial charge in [0, 0.05) is 6.54 Å². The highest BCUT2D eigenvalue weighted by molar-refractivity contribution is 6.45. The molecule has 2 unspecified atom stereocenters. The third kappa shape index (κ3) is 1.35. The lowest BCUT2D eigenvalue weighted by Crippen LogP contribution is -2.39. The van der Waals surface area contributed by atoms with E-state index in [1.165, 1.54) is 0 Å². The van der Waals surface area contributed by atoms with Crippen LogP contribution in [0.1, 0.15) is 13.3 Å². The van der Waals surface area contributed by atoms with E-state index in [-0.39, 0.29) is 11.4 Å². The lowest BCUT2D eigenvalue weighted by atomic mass is 9.85. The zero-order valence-corrected chi connectivity index (χ0v) is 8.69. The van der Waals surface area contributed by atoms with Crippen molar-refractivity contribution in [1.82, 2.24) is 4.81 Å². The molecule has 78 valence electrons. The fraction of sp³-hybridized carbons (Fsp3) is 0.889. The number of carbonyl (C=O) groups excluding carboxylic acids is 1. The van der Waals surface area contributed by atoms with Crippen molar-refractivity contribution in [3.8, 4) is 0 Å². The van der Waals surface area contributed by atoms with E-state index in [9.17, 15) is 9.82 Å². The van der Waals surface area contributed by atoms with Crippen LogP contribution in [0.2, 0.25) is 6.82 Å². The molecule has 1 heterocycles. The predicted octanol–water partition coefficient (Wildman–Crippen LogP) is -0.0183. The Morgan fingerprint density at radius 3 is 3.00 bits per heavy atom. The number of nitrogens with zero attached hydrogens (tertiary/aromatic N) is 1. The quantitative estimate of drug-likeness (QED) is 0.510. The first-order valence-electron chi connectivity index (χ1n) is 5.19. The first-order chi connectivity index (χ1) is 6.60. The number of hydrogen-bond acceptors (Lipinski definition) is 4. The SMILES string of the molecule is CCOC(=O)C12CC1CN(B(C)O)C2. The van der Waals surface area contributed by atoms with E-state index in [0.717, 1.165) is 13.0 Å². The topological polar surface area (TPSA) is 49.8 Å². The van der Waals surface area contributed by atoms with Gasteiger partial charge in [0.1, 0.15) is 0 Å². The molecule has 14 heavy (non-hydrogen) atoms. The van der Waals surface area contributed by atoms with E-state index < -0.39 is 7.05 Å². The summed E-state index contributed by atoms with van der Waals surface area (Å²) in [4.78, 5) is 13.6. The second kappa shape index (κ2) is 3.24. The fourth-order valence-corrected chi connectivity index (χ4v) is 2.40. The summed E-state index contributed by atoms with van der Waals surface area (Å²) < 4.78 is 5.05. The van der Waals surface area contributed by atoms with Gasteiger partial charge in [-0.05, 0) is 32.6 Å². The summed E-state index contributed by atoms with van der Waals surface area (Å²) in [6.07, 6.45) is 0.940. The van der Waals surface area contributed by atoms with Crippen LogP contribution in [0.25, 0.3) is 0 Å². The summed E-state index contributed by atoms with van der Waals surface area (Å²) in [7, 11) is -0.450. The molecule has 1 saturated carbocycles. The van der Waals surface area contributed by atoms with Crippen molar-refractivity contribution in [3.63, 3.8) is 0 Å². The van der Waals surface area contributed by atoms with Crippen LogP contribution in [-0.4, -0.2) is 42.6 Å². The molecule has 1 N–H and O–H groups in total. The number of piperidine rings is 1. The third-order valence-electron chi connectivity index (χ3n) is 3.38. The van der Waals surface area contributed by atoms with Gasteiger partial charge in [0.05, 0.1) is 12.0 Å². The molecule has 2 fully saturated rings. The summed E-state index contributed by atoms with van der Waals surface area (Å²) in [5.41, 5.74) is -0.271. The Bertz CT molecular complexity index is 258. The van der Waals surface area contributed by atoms with Crippen LogP contribution >= 0.6 is 0 Å². The van der Waals surface area contributed by atoms with Gasteiger partial charge in [-0.3, -0.25) is 4.79 Å². The molecule has 2 aliphatic rings. The lowest BCUT2D eigenvalue weighted by Gasteiger charge is -2.20. The first kappa shape index (κ1) is 9.99. The summed E-state index contributed by atoms with van der Waals surface area (Å²) in [6.45, 7) is 5.50. The second-order valence-electron chi connectivity index (χ2n) is 4.34. The van der Waals surface area contributed by atoms with Crippen molar-refractivity contribution in [1.29, 1.82) is 0 Å². The van der Waals surface area contributed by atoms with Gasteiger partial charge in [0.25, 0.3) is 0 Å². The molecule has 1 aliphatic heterocycles. The molecule has 1 aliphatic carbocycles. The molecule has 0 aromatic carbocycles. The normalized spacial score (nSPS) is 35.2. The molecule has 0 aromatic rings. The maximum atomic E-state index is 11.6. The van der Waals surface area contributed by atoms with Crippen molar-refractivity contribution in [2.45, 2.75) is 20.2 Å². The number of fused-ring (bicyclic) bond motifs is 1. The molecule has 0 amide bonds. The second-order valence-corrected chi connectivity index (χ2v) is 4.34. The Balaban J connectivity index is 1.98. The van der Waals surface area contributed by atoms with Gasteiger partial charge in [-0.1, -0.05) is 0 Å². The highest BCUT2D eigenvalue weighted by Gasteiger charge is 2.66. The average Bonchev–Trinajstić information content (AvgIpc) is 2.70. The largest absolute Gasteiger partial charge is 0.466 e. The van der Waals surface area contributed by atoms with Crippen molar-refractivity contribution in [3.05, 3.63) is 0 Å². The Morgan fingerprint density at radius 2 is 2.50 bits per heavy atom. The molecule has 2 atom stereocenters. The lowest BCUT2D eigenvalue weighted by molar-refractivity contribution is -0.149. The Hall–Kier alpha value is -0.545. The van der Waals surface area contributed by atoms with Gasteiger partial charge in [-0.25, -0.2) is 0 Å². The van der Waals surface area contributed by atoms with Gasteiger partial charge in [-0.15, -0.1) is 0 Å². The van der Waals surface area contributed by atoms with Crippen molar-refractivity contribution < 1.29 is 14.6 Å². The fourth-order valence-electron chi connectivity index (χ4n) is 2.40. The summed E-state index contributed by atoms with van der Waals surface area (Å²) >= 11 is 0. The molecular formula is C9H16BNO3. The molecule has 0 spiro atoms. The van der Waals surface area contributed by atoms with Crippen LogP contribution in [-0.2, 0) is 9.53 Å². The molecule has 0 radical (unpaired) electrons. The molecule has 1 saturated heterocycles. The zero-order valence-electron chi connectivity index (χ0n) is 8.69. The number of esters is 1. The van der Waals surface area contributed by atoms with Crippen LogP contribution in [0.5, 0.6) is 0 Å². The van der Waals surface area contributed by atoms with E-state index in [1.807, 2.05) is 11.7 Å². The van der Waals surface area contributed by atoms with Gasteiger partial charge >= 0.3 is 13.0 Å². The number of ether oxygens (including phenoxy) is 1. The summed E-state index contributed by atoms with van der Waals surface area (Å²) in [6, 6.07) is 0.